The van der Waals surface area contributed by atoms with Gasteiger partial charge in [-0.15, -0.1) is 0 Å². The Bertz CT molecular complexity index is 1620. The monoisotopic (exact) mass is 488 g/mol. The third kappa shape index (κ3) is 3.37. The maximum Gasteiger partial charge on any atom is 0.0702 e. The molecule has 0 saturated heterocycles. The summed E-state index contributed by atoms with van der Waals surface area (Å²) in [6, 6.07) is 36.4. The average Bonchev–Trinajstić information content (AvgIpc) is 3.18. The number of hydrogen-bond acceptors (Lipinski definition) is 1. The molecule has 0 saturated carbocycles. The molecule has 0 fully saturated rings. The normalized spacial score (nSPS) is 11.3. The molecule has 6 aromatic rings. The standard InChI is InChI=1S/C30H21BrN2/c1-20-17-21(28-12-7-8-16-32-28)14-15-23(20)25-19-30-26(18-27(25)31)24-11-5-6-13-29(24)33(30)22-9-3-2-4-10-22/h2-19H,1H3. The second kappa shape index (κ2) is 8.02. The van der Waals surface area contributed by atoms with Crippen molar-refractivity contribution < 1.29 is 0 Å². The summed E-state index contributed by atoms with van der Waals surface area (Å²) in [6.07, 6.45) is 1.84. The van der Waals surface area contributed by atoms with Crippen molar-refractivity contribution in [3.8, 4) is 28.1 Å². The number of para-hydroxylation sites is 2. The smallest absolute Gasteiger partial charge is 0.0702 e. The third-order valence-corrected chi connectivity index (χ3v) is 6.91. The number of aromatic nitrogens is 2. The summed E-state index contributed by atoms with van der Waals surface area (Å²) in [5.74, 6) is 0. The summed E-state index contributed by atoms with van der Waals surface area (Å²) in [5, 5.41) is 2.50. The van der Waals surface area contributed by atoms with Gasteiger partial charge in [-0.25, -0.2) is 0 Å². The second-order valence-corrected chi connectivity index (χ2v) is 9.14. The van der Waals surface area contributed by atoms with Gasteiger partial charge < -0.3 is 4.57 Å². The van der Waals surface area contributed by atoms with E-state index in [2.05, 4.69) is 123 Å². The first kappa shape index (κ1) is 20.0. The molecule has 0 bridgehead atoms. The molecule has 2 heterocycles. The fourth-order valence-electron chi connectivity index (χ4n) is 4.71. The van der Waals surface area contributed by atoms with Crippen LogP contribution >= 0.6 is 15.9 Å². The Morgan fingerprint density at radius 2 is 1.45 bits per heavy atom. The van der Waals surface area contributed by atoms with Crippen molar-refractivity contribution in [2.24, 2.45) is 0 Å². The number of rotatable bonds is 3. The van der Waals surface area contributed by atoms with Crippen molar-refractivity contribution in [3.63, 3.8) is 0 Å². The van der Waals surface area contributed by atoms with Crippen molar-refractivity contribution in [2.75, 3.05) is 0 Å². The van der Waals surface area contributed by atoms with Gasteiger partial charge in [0, 0.05) is 32.7 Å². The van der Waals surface area contributed by atoms with Gasteiger partial charge in [0.1, 0.15) is 0 Å². The number of aryl methyl sites for hydroxylation is 1. The van der Waals surface area contributed by atoms with Gasteiger partial charge in [0.2, 0.25) is 0 Å². The lowest BCUT2D eigenvalue weighted by molar-refractivity contribution is 1.18. The Morgan fingerprint density at radius 3 is 2.24 bits per heavy atom. The van der Waals surface area contributed by atoms with E-state index in [-0.39, 0.29) is 0 Å². The van der Waals surface area contributed by atoms with Crippen LogP contribution in [0.2, 0.25) is 0 Å². The van der Waals surface area contributed by atoms with E-state index in [1.807, 2.05) is 18.3 Å². The molecule has 0 unspecified atom stereocenters. The van der Waals surface area contributed by atoms with Crippen molar-refractivity contribution in [1.82, 2.24) is 9.55 Å². The molecule has 33 heavy (non-hydrogen) atoms. The highest BCUT2D eigenvalue weighted by molar-refractivity contribution is 9.10. The van der Waals surface area contributed by atoms with Crippen LogP contribution in [0, 0.1) is 6.92 Å². The molecule has 0 aliphatic heterocycles. The Balaban J connectivity index is 1.59. The van der Waals surface area contributed by atoms with Gasteiger partial charge in [0.05, 0.1) is 16.7 Å². The second-order valence-electron chi connectivity index (χ2n) is 8.28. The average molecular weight is 489 g/mol. The minimum Gasteiger partial charge on any atom is -0.309 e. The van der Waals surface area contributed by atoms with Gasteiger partial charge in [0.25, 0.3) is 0 Å². The number of benzene rings is 4. The fourth-order valence-corrected chi connectivity index (χ4v) is 5.27. The van der Waals surface area contributed by atoms with Gasteiger partial charge >= 0.3 is 0 Å². The summed E-state index contributed by atoms with van der Waals surface area (Å²) in [7, 11) is 0. The summed E-state index contributed by atoms with van der Waals surface area (Å²) in [4.78, 5) is 4.51. The summed E-state index contributed by atoms with van der Waals surface area (Å²) < 4.78 is 3.46. The Kier molecular flexibility index (Phi) is 4.85. The molecule has 0 atom stereocenters. The van der Waals surface area contributed by atoms with E-state index in [0.717, 1.165) is 15.7 Å². The summed E-state index contributed by atoms with van der Waals surface area (Å²) >= 11 is 3.88. The Morgan fingerprint density at radius 1 is 0.667 bits per heavy atom. The van der Waals surface area contributed by atoms with Crippen LogP contribution in [0.4, 0.5) is 0 Å². The molecule has 2 nitrogen and oxygen atoms in total. The maximum absolute atomic E-state index is 4.51. The molecule has 3 heteroatoms. The van der Waals surface area contributed by atoms with E-state index in [9.17, 15) is 0 Å². The molecule has 6 rings (SSSR count). The molecule has 4 aromatic carbocycles. The highest BCUT2D eigenvalue weighted by Gasteiger charge is 2.16. The first-order chi connectivity index (χ1) is 16.2. The number of halogens is 1. The quantitative estimate of drug-likeness (QED) is 0.243. The fraction of sp³-hybridized carbons (Fsp3) is 0.0333. The Hall–Kier alpha value is -3.69. The molecule has 0 aliphatic carbocycles. The van der Waals surface area contributed by atoms with Crippen LogP contribution in [0.3, 0.4) is 0 Å². The number of nitrogens with zero attached hydrogens (tertiary/aromatic N) is 2. The third-order valence-electron chi connectivity index (χ3n) is 6.25. The molecular formula is C30H21BrN2. The predicted octanol–water partition coefficient (Wildman–Crippen LogP) is 8.58. The van der Waals surface area contributed by atoms with Crippen LogP contribution in [0.25, 0.3) is 49.9 Å². The van der Waals surface area contributed by atoms with E-state index < -0.39 is 0 Å². The van der Waals surface area contributed by atoms with E-state index in [0.29, 0.717) is 0 Å². The molecule has 0 aliphatic rings. The highest BCUT2D eigenvalue weighted by Crippen LogP contribution is 2.40. The summed E-state index contributed by atoms with van der Waals surface area (Å²) in [6.45, 7) is 2.17. The van der Waals surface area contributed by atoms with Crippen LogP contribution in [0.15, 0.2) is 114 Å². The van der Waals surface area contributed by atoms with Crippen LogP contribution < -0.4 is 0 Å². The molecule has 0 radical (unpaired) electrons. The minimum atomic E-state index is 0.992. The number of hydrogen-bond donors (Lipinski definition) is 0. The molecule has 2 aromatic heterocycles. The zero-order valence-corrected chi connectivity index (χ0v) is 19.8. The van der Waals surface area contributed by atoms with Crippen molar-refractivity contribution in [3.05, 3.63) is 119 Å². The van der Waals surface area contributed by atoms with E-state index >= 15 is 0 Å². The molecular weight excluding hydrogens is 468 g/mol. The lowest BCUT2D eigenvalue weighted by atomic mass is 9.96. The number of fused-ring (bicyclic) bond motifs is 3. The predicted molar refractivity (Wildman–Crippen MR) is 142 cm³/mol. The Labute approximate surface area is 201 Å². The molecule has 0 amide bonds. The number of pyridine rings is 1. The topological polar surface area (TPSA) is 17.8 Å². The minimum absolute atomic E-state index is 0.992. The van der Waals surface area contributed by atoms with E-state index in [1.54, 1.807) is 0 Å². The zero-order chi connectivity index (χ0) is 22.4. The maximum atomic E-state index is 4.51. The zero-order valence-electron chi connectivity index (χ0n) is 18.2. The lowest BCUT2D eigenvalue weighted by Gasteiger charge is -2.13. The lowest BCUT2D eigenvalue weighted by Crippen LogP contribution is -1.94. The largest absolute Gasteiger partial charge is 0.309 e. The van der Waals surface area contributed by atoms with E-state index in [1.165, 1.54) is 44.2 Å². The van der Waals surface area contributed by atoms with Crippen molar-refractivity contribution >= 4 is 37.7 Å². The van der Waals surface area contributed by atoms with Gasteiger partial charge in [-0.05, 0) is 72.1 Å². The molecule has 158 valence electrons. The van der Waals surface area contributed by atoms with E-state index in [4.69, 9.17) is 0 Å². The first-order valence-corrected chi connectivity index (χ1v) is 11.8. The summed E-state index contributed by atoms with van der Waals surface area (Å²) in [5.41, 5.74) is 9.33. The van der Waals surface area contributed by atoms with Crippen LogP contribution in [-0.2, 0) is 0 Å². The molecule has 0 N–H and O–H groups in total. The van der Waals surface area contributed by atoms with Gasteiger partial charge in [-0.1, -0.05) is 70.5 Å². The highest BCUT2D eigenvalue weighted by atomic mass is 79.9. The SMILES string of the molecule is Cc1cc(-c2ccccn2)ccc1-c1cc2c(cc1Br)c1ccccc1n2-c1ccccc1. The molecule has 0 spiro atoms. The van der Waals surface area contributed by atoms with Crippen LogP contribution in [0.1, 0.15) is 5.56 Å². The first-order valence-electron chi connectivity index (χ1n) is 11.0. The van der Waals surface area contributed by atoms with Crippen molar-refractivity contribution in [2.45, 2.75) is 6.92 Å². The van der Waals surface area contributed by atoms with Gasteiger partial charge in [-0.2, -0.15) is 0 Å². The van der Waals surface area contributed by atoms with Gasteiger partial charge in [0.15, 0.2) is 0 Å². The van der Waals surface area contributed by atoms with Crippen molar-refractivity contribution in [1.29, 1.82) is 0 Å². The van der Waals surface area contributed by atoms with Crippen LogP contribution in [0.5, 0.6) is 0 Å². The van der Waals surface area contributed by atoms with Crippen LogP contribution in [-0.4, -0.2) is 9.55 Å². The van der Waals surface area contributed by atoms with Gasteiger partial charge in [-0.3, -0.25) is 4.98 Å².